The van der Waals surface area contributed by atoms with Gasteiger partial charge in [-0.15, -0.1) is 0 Å². The second-order valence-corrected chi connectivity index (χ2v) is 4.55. The van der Waals surface area contributed by atoms with Gasteiger partial charge >= 0.3 is 0 Å². The van der Waals surface area contributed by atoms with Crippen molar-refractivity contribution in [3.8, 4) is 11.5 Å². The van der Waals surface area contributed by atoms with Gasteiger partial charge in [-0.25, -0.2) is 0 Å². The topological polar surface area (TPSA) is 50.7 Å². The molecule has 2 N–H and O–H groups in total. The quantitative estimate of drug-likeness (QED) is 0.691. The summed E-state index contributed by atoms with van der Waals surface area (Å²) in [6.45, 7) is 1.50. The maximum atomic E-state index is 8.77. The molecule has 4 heteroatoms. The summed E-state index contributed by atoms with van der Waals surface area (Å²) in [5.74, 6) is 1.72. The maximum absolute atomic E-state index is 8.77. The van der Waals surface area contributed by atoms with Gasteiger partial charge in [-0.05, 0) is 31.0 Å². The van der Waals surface area contributed by atoms with Gasteiger partial charge in [-0.3, -0.25) is 0 Å². The molecule has 1 aliphatic carbocycles. The third kappa shape index (κ3) is 3.89. The van der Waals surface area contributed by atoms with Gasteiger partial charge in [-0.1, -0.05) is 0 Å². The van der Waals surface area contributed by atoms with Crippen molar-refractivity contribution < 1.29 is 14.6 Å². The molecular formula is C14H21NO3. The van der Waals surface area contributed by atoms with Crippen molar-refractivity contribution in [3.63, 3.8) is 0 Å². The first-order valence-electron chi connectivity index (χ1n) is 6.47. The first kappa shape index (κ1) is 13.2. The van der Waals surface area contributed by atoms with E-state index in [2.05, 4.69) is 5.32 Å². The van der Waals surface area contributed by atoms with Crippen LogP contribution in [0, 0.1) is 0 Å². The Balaban J connectivity index is 1.99. The summed E-state index contributed by atoms with van der Waals surface area (Å²) in [6.07, 6.45) is 3.19. The average Bonchev–Trinajstić information content (AvgIpc) is 3.21. The lowest BCUT2D eigenvalue weighted by Gasteiger charge is -2.13. The minimum Gasteiger partial charge on any atom is -0.497 e. The minimum atomic E-state index is 0.159. The highest BCUT2D eigenvalue weighted by molar-refractivity contribution is 5.40. The van der Waals surface area contributed by atoms with Crippen molar-refractivity contribution in [1.29, 1.82) is 0 Å². The molecule has 0 amide bonds. The largest absolute Gasteiger partial charge is 0.497 e. The van der Waals surface area contributed by atoms with Crippen LogP contribution in [0.25, 0.3) is 0 Å². The Morgan fingerprint density at radius 2 is 2.22 bits per heavy atom. The van der Waals surface area contributed by atoms with E-state index in [1.807, 2.05) is 18.2 Å². The van der Waals surface area contributed by atoms with Crippen molar-refractivity contribution in [2.24, 2.45) is 0 Å². The first-order chi connectivity index (χ1) is 8.83. The zero-order valence-electron chi connectivity index (χ0n) is 10.8. The molecule has 0 aliphatic heterocycles. The molecular weight excluding hydrogens is 230 g/mol. The summed E-state index contributed by atoms with van der Waals surface area (Å²) in [5.41, 5.74) is 1.11. The highest BCUT2D eigenvalue weighted by atomic mass is 16.5. The van der Waals surface area contributed by atoms with Crippen LogP contribution >= 0.6 is 0 Å². The van der Waals surface area contributed by atoms with Crippen LogP contribution in [0.5, 0.6) is 11.5 Å². The smallest absolute Gasteiger partial charge is 0.124 e. The van der Waals surface area contributed by atoms with Crippen LogP contribution in [0.3, 0.4) is 0 Å². The van der Waals surface area contributed by atoms with Crippen LogP contribution in [-0.2, 0) is 6.54 Å². The maximum Gasteiger partial charge on any atom is 0.124 e. The van der Waals surface area contributed by atoms with Crippen LogP contribution in [0.2, 0.25) is 0 Å². The molecule has 1 aromatic carbocycles. The molecule has 0 saturated heterocycles. The summed E-state index contributed by atoms with van der Waals surface area (Å²) in [5, 5.41) is 12.2. The summed E-state index contributed by atoms with van der Waals surface area (Å²) >= 11 is 0. The van der Waals surface area contributed by atoms with E-state index in [0.29, 0.717) is 19.1 Å². The van der Waals surface area contributed by atoms with Crippen molar-refractivity contribution in [2.75, 3.05) is 20.3 Å². The number of nitrogens with one attached hydrogen (secondary N) is 1. The zero-order valence-corrected chi connectivity index (χ0v) is 10.8. The monoisotopic (exact) mass is 251 g/mol. The third-order valence-corrected chi connectivity index (χ3v) is 2.99. The number of aliphatic hydroxyl groups excluding tert-OH is 1. The molecule has 0 heterocycles. The highest BCUT2D eigenvalue weighted by Crippen LogP contribution is 2.26. The van der Waals surface area contributed by atoms with Gasteiger partial charge in [0.05, 0.1) is 13.7 Å². The summed E-state index contributed by atoms with van der Waals surface area (Å²) in [4.78, 5) is 0. The fourth-order valence-electron chi connectivity index (χ4n) is 1.75. The van der Waals surface area contributed by atoms with E-state index >= 15 is 0 Å². The Labute approximate surface area is 108 Å². The van der Waals surface area contributed by atoms with E-state index in [4.69, 9.17) is 14.6 Å². The van der Waals surface area contributed by atoms with E-state index in [1.54, 1.807) is 7.11 Å². The number of hydrogen-bond donors (Lipinski definition) is 2. The Hall–Kier alpha value is -1.26. The Bertz CT molecular complexity index is 377. The highest BCUT2D eigenvalue weighted by Gasteiger charge is 2.20. The van der Waals surface area contributed by atoms with Gasteiger partial charge in [0.1, 0.15) is 11.5 Å². The molecule has 1 saturated carbocycles. The normalized spacial score (nSPS) is 14.6. The first-order valence-corrected chi connectivity index (χ1v) is 6.47. The Morgan fingerprint density at radius 1 is 1.39 bits per heavy atom. The second kappa shape index (κ2) is 6.61. The summed E-state index contributed by atoms with van der Waals surface area (Å²) in [6, 6.07) is 6.50. The van der Waals surface area contributed by atoms with E-state index < -0.39 is 0 Å². The standard InChI is InChI=1S/C14H21NO3/c1-17-13-5-6-14(18-8-2-7-16)11(9-13)10-15-12-3-4-12/h5-6,9,12,15-16H,2-4,7-8,10H2,1H3. The van der Waals surface area contributed by atoms with E-state index in [1.165, 1.54) is 12.8 Å². The van der Waals surface area contributed by atoms with Crippen LogP contribution in [-0.4, -0.2) is 31.5 Å². The average molecular weight is 251 g/mol. The molecule has 18 heavy (non-hydrogen) atoms. The Morgan fingerprint density at radius 3 is 2.89 bits per heavy atom. The molecule has 1 fully saturated rings. The van der Waals surface area contributed by atoms with Crippen molar-refractivity contribution in [1.82, 2.24) is 5.32 Å². The number of benzene rings is 1. The number of aliphatic hydroxyl groups is 1. The fourth-order valence-corrected chi connectivity index (χ4v) is 1.75. The van der Waals surface area contributed by atoms with E-state index in [-0.39, 0.29) is 6.61 Å². The number of hydrogen-bond acceptors (Lipinski definition) is 4. The molecule has 100 valence electrons. The molecule has 0 aromatic heterocycles. The second-order valence-electron chi connectivity index (χ2n) is 4.55. The zero-order chi connectivity index (χ0) is 12.8. The lowest BCUT2D eigenvalue weighted by molar-refractivity contribution is 0.232. The lowest BCUT2D eigenvalue weighted by Crippen LogP contribution is -2.16. The number of rotatable bonds is 8. The molecule has 1 aliphatic rings. The van der Waals surface area contributed by atoms with Crippen molar-refractivity contribution >= 4 is 0 Å². The minimum absolute atomic E-state index is 0.159. The van der Waals surface area contributed by atoms with Gasteiger partial charge < -0.3 is 19.9 Å². The van der Waals surface area contributed by atoms with E-state index in [9.17, 15) is 0 Å². The van der Waals surface area contributed by atoms with Gasteiger partial charge in [0.2, 0.25) is 0 Å². The van der Waals surface area contributed by atoms with Crippen molar-refractivity contribution in [3.05, 3.63) is 23.8 Å². The molecule has 0 atom stereocenters. The third-order valence-electron chi connectivity index (χ3n) is 2.99. The molecule has 0 unspecified atom stereocenters. The van der Waals surface area contributed by atoms with Gasteiger partial charge in [-0.2, -0.15) is 0 Å². The predicted octanol–water partition coefficient (Wildman–Crippen LogP) is 1.71. The fraction of sp³-hybridized carbons (Fsp3) is 0.571. The van der Waals surface area contributed by atoms with Gasteiger partial charge in [0, 0.05) is 31.2 Å². The molecule has 0 bridgehead atoms. The molecule has 4 nitrogen and oxygen atoms in total. The van der Waals surface area contributed by atoms with Crippen LogP contribution in [0.15, 0.2) is 18.2 Å². The van der Waals surface area contributed by atoms with Crippen LogP contribution in [0.1, 0.15) is 24.8 Å². The van der Waals surface area contributed by atoms with Gasteiger partial charge in [0.15, 0.2) is 0 Å². The van der Waals surface area contributed by atoms with Gasteiger partial charge in [0.25, 0.3) is 0 Å². The lowest BCUT2D eigenvalue weighted by atomic mass is 10.2. The summed E-state index contributed by atoms with van der Waals surface area (Å²) in [7, 11) is 1.67. The number of ether oxygens (including phenoxy) is 2. The molecule has 2 rings (SSSR count). The molecule has 1 aromatic rings. The Kier molecular flexibility index (Phi) is 4.84. The molecule has 0 radical (unpaired) electrons. The van der Waals surface area contributed by atoms with Crippen LogP contribution < -0.4 is 14.8 Å². The SMILES string of the molecule is COc1ccc(OCCCO)c(CNC2CC2)c1. The van der Waals surface area contributed by atoms with Crippen LogP contribution in [0.4, 0.5) is 0 Å². The van der Waals surface area contributed by atoms with Crippen molar-refractivity contribution in [2.45, 2.75) is 31.8 Å². The number of methoxy groups -OCH3 is 1. The summed E-state index contributed by atoms with van der Waals surface area (Å²) < 4.78 is 10.9. The predicted molar refractivity (Wildman–Crippen MR) is 70.1 cm³/mol. The molecule has 0 spiro atoms. The van der Waals surface area contributed by atoms with E-state index in [0.717, 1.165) is 23.6 Å².